The van der Waals surface area contributed by atoms with Crippen molar-refractivity contribution in [1.82, 2.24) is 4.57 Å². The average molecular weight is 196 g/mol. The van der Waals surface area contributed by atoms with Crippen LogP contribution in [0.4, 0.5) is 0 Å². The lowest BCUT2D eigenvalue weighted by Gasteiger charge is -2.23. The van der Waals surface area contributed by atoms with Gasteiger partial charge in [0.2, 0.25) is 0 Å². The van der Waals surface area contributed by atoms with Gasteiger partial charge in [0.25, 0.3) is 0 Å². The van der Waals surface area contributed by atoms with Crippen molar-refractivity contribution in [2.45, 2.75) is 39.0 Å². The molecule has 1 rings (SSSR count). The fourth-order valence-electron chi connectivity index (χ4n) is 1.34. The Balaban J connectivity index is 2.53. The van der Waals surface area contributed by atoms with Crippen molar-refractivity contribution in [2.75, 3.05) is 7.11 Å². The first-order chi connectivity index (χ1) is 6.59. The lowest BCUT2D eigenvalue weighted by molar-refractivity contribution is 0.0119. The van der Waals surface area contributed by atoms with E-state index in [2.05, 4.69) is 30.7 Å². The lowest BCUT2D eigenvalue weighted by atomic mass is 10.1. The van der Waals surface area contributed by atoms with Gasteiger partial charge in [0.15, 0.2) is 0 Å². The second-order valence-corrected chi connectivity index (χ2v) is 4.11. The van der Waals surface area contributed by atoms with Crippen molar-refractivity contribution in [3.63, 3.8) is 0 Å². The van der Waals surface area contributed by atoms with Crippen LogP contribution in [-0.4, -0.2) is 17.3 Å². The third-order valence-electron chi connectivity index (χ3n) is 2.64. The predicted molar refractivity (Wildman–Crippen MR) is 58.0 cm³/mol. The highest BCUT2D eigenvalue weighted by atomic mass is 16.5. The summed E-state index contributed by atoms with van der Waals surface area (Å²) in [6.45, 7) is 5.75. The monoisotopic (exact) mass is 196 g/mol. The second-order valence-electron chi connectivity index (χ2n) is 4.11. The zero-order valence-electron chi connectivity index (χ0n) is 9.29. The van der Waals surface area contributed by atoms with Crippen molar-refractivity contribution < 1.29 is 4.74 Å². The average Bonchev–Trinajstić information content (AvgIpc) is 2.62. The number of rotatable bonds is 5. The second kappa shape index (κ2) is 4.62. The third-order valence-corrected chi connectivity index (χ3v) is 2.64. The van der Waals surface area contributed by atoms with Crippen LogP contribution in [0.1, 0.15) is 26.0 Å². The van der Waals surface area contributed by atoms with E-state index in [0.29, 0.717) is 6.54 Å². The van der Waals surface area contributed by atoms with Gasteiger partial charge in [0.1, 0.15) is 0 Å². The van der Waals surface area contributed by atoms with E-state index < -0.39 is 0 Å². The molecule has 0 amide bonds. The molecule has 0 unspecified atom stereocenters. The minimum Gasteiger partial charge on any atom is -0.379 e. The normalized spacial score (nSPS) is 12.0. The molecule has 3 nitrogen and oxygen atoms in total. The Labute approximate surface area is 85.9 Å². The maximum atomic E-state index is 5.61. The van der Waals surface area contributed by atoms with Gasteiger partial charge < -0.3 is 15.0 Å². The third kappa shape index (κ3) is 2.86. The number of ether oxygens (including phenoxy) is 1. The minimum absolute atomic E-state index is 0.0594. The summed E-state index contributed by atoms with van der Waals surface area (Å²) < 4.78 is 7.55. The van der Waals surface area contributed by atoms with E-state index in [1.54, 1.807) is 7.11 Å². The summed E-state index contributed by atoms with van der Waals surface area (Å²) in [6.07, 6.45) is 3.05. The van der Waals surface area contributed by atoms with E-state index in [1.807, 2.05) is 6.07 Å². The maximum Gasteiger partial charge on any atom is 0.0639 e. The van der Waals surface area contributed by atoms with E-state index in [-0.39, 0.29) is 5.60 Å². The summed E-state index contributed by atoms with van der Waals surface area (Å²) in [5, 5.41) is 0. The number of hydrogen-bond acceptors (Lipinski definition) is 2. The van der Waals surface area contributed by atoms with E-state index in [9.17, 15) is 0 Å². The SMILES string of the molecule is COC(C)(C)CCn1cccc1CN. The Kier molecular flexibility index (Phi) is 3.72. The highest BCUT2D eigenvalue weighted by molar-refractivity contribution is 5.06. The van der Waals surface area contributed by atoms with Crippen molar-refractivity contribution in [3.05, 3.63) is 24.0 Å². The van der Waals surface area contributed by atoms with Gasteiger partial charge in [0.05, 0.1) is 5.60 Å². The standard InChI is InChI=1S/C11H20N2O/c1-11(2,14-3)6-8-13-7-4-5-10(13)9-12/h4-5,7H,6,8-9,12H2,1-3H3. The summed E-state index contributed by atoms with van der Waals surface area (Å²) in [6, 6.07) is 4.09. The number of hydrogen-bond donors (Lipinski definition) is 1. The largest absolute Gasteiger partial charge is 0.379 e. The summed E-state index contributed by atoms with van der Waals surface area (Å²) in [7, 11) is 1.75. The Bertz CT molecular complexity index is 279. The Morgan fingerprint density at radius 3 is 2.79 bits per heavy atom. The summed E-state index contributed by atoms with van der Waals surface area (Å²) >= 11 is 0. The Morgan fingerprint density at radius 1 is 1.50 bits per heavy atom. The van der Waals surface area contributed by atoms with E-state index in [0.717, 1.165) is 13.0 Å². The molecule has 1 aromatic heterocycles. The molecule has 0 saturated heterocycles. The Hall–Kier alpha value is -0.800. The molecule has 0 bridgehead atoms. The molecular weight excluding hydrogens is 176 g/mol. The lowest BCUT2D eigenvalue weighted by Crippen LogP contribution is -2.24. The van der Waals surface area contributed by atoms with Gasteiger partial charge in [-0.25, -0.2) is 0 Å². The molecule has 0 aliphatic carbocycles. The first-order valence-corrected chi connectivity index (χ1v) is 4.98. The fraction of sp³-hybridized carbons (Fsp3) is 0.636. The molecule has 0 radical (unpaired) electrons. The molecule has 2 N–H and O–H groups in total. The zero-order chi connectivity index (χ0) is 10.6. The van der Waals surface area contributed by atoms with Crippen LogP contribution >= 0.6 is 0 Å². The highest BCUT2D eigenvalue weighted by Gasteiger charge is 2.16. The van der Waals surface area contributed by atoms with E-state index in [4.69, 9.17) is 10.5 Å². The van der Waals surface area contributed by atoms with Gasteiger partial charge in [-0.15, -0.1) is 0 Å². The van der Waals surface area contributed by atoms with E-state index in [1.165, 1.54) is 5.69 Å². The first-order valence-electron chi connectivity index (χ1n) is 4.98. The van der Waals surface area contributed by atoms with Crippen LogP contribution < -0.4 is 5.73 Å². The minimum atomic E-state index is -0.0594. The van der Waals surface area contributed by atoms with Crippen LogP contribution in [0.15, 0.2) is 18.3 Å². The molecule has 0 aliphatic heterocycles. The van der Waals surface area contributed by atoms with Crippen LogP contribution in [-0.2, 0) is 17.8 Å². The molecule has 0 fully saturated rings. The van der Waals surface area contributed by atoms with Crippen LogP contribution in [0, 0.1) is 0 Å². The molecule has 0 atom stereocenters. The van der Waals surface area contributed by atoms with Gasteiger partial charge >= 0.3 is 0 Å². The number of methoxy groups -OCH3 is 1. The van der Waals surface area contributed by atoms with Crippen molar-refractivity contribution in [3.8, 4) is 0 Å². The fourth-order valence-corrected chi connectivity index (χ4v) is 1.34. The molecule has 80 valence electrons. The molecular formula is C11H20N2O. The summed E-state index contributed by atoms with van der Waals surface area (Å²) in [4.78, 5) is 0. The van der Waals surface area contributed by atoms with Crippen molar-refractivity contribution >= 4 is 0 Å². The zero-order valence-corrected chi connectivity index (χ0v) is 9.29. The smallest absolute Gasteiger partial charge is 0.0639 e. The van der Waals surface area contributed by atoms with Gasteiger partial charge in [0, 0.05) is 32.1 Å². The number of aromatic nitrogens is 1. The van der Waals surface area contributed by atoms with Crippen LogP contribution in [0.3, 0.4) is 0 Å². The molecule has 0 saturated carbocycles. The maximum absolute atomic E-state index is 5.61. The highest BCUT2D eigenvalue weighted by Crippen LogP contribution is 2.15. The van der Waals surface area contributed by atoms with Gasteiger partial charge in [-0.05, 0) is 32.4 Å². The summed E-state index contributed by atoms with van der Waals surface area (Å²) in [5.74, 6) is 0. The first kappa shape index (κ1) is 11.3. The predicted octanol–water partition coefficient (Wildman–Crippen LogP) is 1.76. The molecule has 3 heteroatoms. The van der Waals surface area contributed by atoms with Gasteiger partial charge in [-0.1, -0.05) is 0 Å². The number of aryl methyl sites for hydroxylation is 1. The molecule has 0 spiro atoms. The Morgan fingerprint density at radius 2 is 2.21 bits per heavy atom. The van der Waals surface area contributed by atoms with E-state index >= 15 is 0 Å². The van der Waals surface area contributed by atoms with Crippen LogP contribution in [0.5, 0.6) is 0 Å². The van der Waals surface area contributed by atoms with Gasteiger partial charge in [-0.2, -0.15) is 0 Å². The van der Waals surface area contributed by atoms with Crippen molar-refractivity contribution in [2.24, 2.45) is 5.73 Å². The molecule has 14 heavy (non-hydrogen) atoms. The molecule has 1 aromatic rings. The number of nitrogens with zero attached hydrogens (tertiary/aromatic N) is 1. The topological polar surface area (TPSA) is 40.2 Å². The summed E-state index contributed by atoms with van der Waals surface area (Å²) in [5.41, 5.74) is 6.73. The molecule has 1 heterocycles. The van der Waals surface area contributed by atoms with Gasteiger partial charge in [-0.3, -0.25) is 0 Å². The number of nitrogens with two attached hydrogens (primary N) is 1. The van der Waals surface area contributed by atoms with Crippen LogP contribution in [0.25, 0.3) is 0 Å². The van der Waals surface area contributed by atoms with Crippen molar-refractivity contribution in [1.29, 1.82) is 0 Å². The quantitative estimate of drug-likeness (QED) is 0.779. The molecule has 0 aliphatic rings. The van der Waals surface area contributed by atoms with Crippen LogP contribution in [0.2, 0.25) is 0 Å². The molecule has 0 aromatic carbocycles.